The van der Waals surface area contributed by atoms with E-state index in [0.29, 0.717) is 11.1 Å². The number of aromatic hydroxyl groups is 1. The maximum Gasteiger partial charge on any atom is 0.126 e. The second-order valence-corrected chi connectivity index (χ2v) is 2.65. The fraction of sp³-hybridized carbons (Fsp3) is 0.250. The van der Waals surface area contributed by atoms with Crippen LogP contribution in [0.25, 0.3) is 0 Å². The molecule has 1 N–H and O–H groups in total. The van der Waals surface area contributed by atoms with Gasteiger partial charge in [-0.05, 0) is 12.1 Å². The molecule has 11 heavy (non-hydrogen) atoms. The molecule has 0 amide bonds. The third-order valence-electron chi connectivity index (χ3n) is 1.46. The van der Waals surface area contributed by atoms with E-state index >= 15 is 0 Å². The number of benzene rings is 1. The molecule has 0 spiro atoms. The van der Waals surface area contributed by atoms with Crippen LogP contribution in [0.1, 0.15) is 5.56 Å². The highest BCUT2D eigenvalue weighted by molar-refractivity contribution is 9.08. The number of phenols is 1. The average Bonchev–Trinajstić information content (AvgIpc) is 2.04. The predicted octanol–water partition coefficient (Wildman–Crippen LogP) is 2.30. The molecule has 0 atom stereocenters. The molecule has 0 bridgehead atoms. The van der Waals surface area contributed by atoms with Crippen LogP contribution < -0.4 is 4.74 Å². The number of rotatable bonds is 2. The Morgan fingerprint density at radius 3 is 2.73 bits per heavy atom. The summed E-state index contributed by atoms with van der Waals surface area (Å²) in [5.74, 6) is 0.975. The quantitative estimate of drug-likeness (QED) is 0.770. The van der Waals surface area contributed by atoms with Crippen molar-refractivity contribution in [1.29, 1.82) is 0 Å². The summed E-state index contributed by atoms with van der Waals surface area (Å²) in [7, 11) is 1.58. The Morgan fingerprint density at radius 2 is 2.27 bits per heavy atom. The molecule has 2 nitrogen and oxygen atoms in total. The van der Waals surface area contributed by atoms with Crippen LogP contribution in [0.15, 0.2) is 18.2 Å². The van der Waals surface area contributed by atoms with Gasteiger partial charge in [-0.1, -0.05) is 22.0 Å². The number of ether oxygens (including phenoxy) is 1. The van der Waals surface area contributed by atoms with Gasteiger partial charge in [0.05, 0.1) is 7.11 Å². The van der Waals surface area contributed by atoms with Crippen LogP contribution in [-0.4, -0.2) is 12.2 Å². The molecule has 0 unspecified atom stereocenters. The van der Waals surface area contributed by atoms with Crippen molar-refractivity contribution >= 4 is 15.9 Å². The van der Waals surface area contributed by atoms with Gasteiger partial charge >= 0.3 is 0 Å². The molecule has 0 radical (unpaired) electrons. The topological polar surface area (TPSA) is 29.5 Å². The van der Waals surface area contributed by atoms with E-state index in [1.807, 2.05) is 6.07 Å². The predicted molar refractivity (Wildman–Crippen MR) is 47.3 cm³/mol. The summed E-state index contributed by atoms with van der Waals surface area (Å²) in [5.41, 5.74) is 0.787. The molecule has 0 aliphatic rings. The Bertz CT molecular complexity index is 248. The maximum absolute atomic E-state index is 9.31. The molecule has 1 aromatic rings. The third kappa shape index (κ3) is 1.66. The SMILES string of the molecule is COc1cccc(O)c1CBr. The number of methoxy groups -OCH3 is 1. The van der Waals surface area contributed by atoms with E-state index in [1.165, 1.54) is 0 Å². The zero-order chi connectivity index (χ0) is 8.27. The van der Waals surface area contributed by atoms with Gasteiger partial charge in [-0.15, -0.1) is 0 Å². The van der Waals surface area contributed by atoms with Crippen molar-refractivity contribution in [3.63, 3.8) is 0 Å². The van der Waals surface area contributed by atoms with Crippen LogP contribution in [0.4, 0.5) is 0 Å². The lowest BCUT2D eigenvalue weighted by molar-refractivity contribution is 0.402. The van der Waals surface area contributed by atoms with Crippen molar-refractivity contribution in [2.45, 2.75) is 5.33 Å². The number of halogens is 1. The Labute approximate surface area is 73.9 Å². The Balaban J connectivity index is 3.13. The zero-order valence-corrected chi connectivity index (χ0v) is 7.76. The number of phenolic OH excluding ortho intramolecular Hbond substituents is 1. The third-order valence-corrected chi connectivity index (χ3v) is 2.02. The molecular weight excluding hydrogens is 208 g/mol. The lowest BCUT2D eigenvalue weighted by Gasteiger charge is -2.06. The van der Waals surface area contributed by atoms with Crippen LogP contribution in [0.5, 0.6) is 11.5 Å². The van der Waals surface area contributed by atoms with E-state index in [0.717, 1.165) is 5.56 Å². The monoisotopic (exact) mass is 216 g/mol. The lowest BCUT2D eigenvalue weighted by Crippen LogP contribution is -1.88. The van der Waals surface area contributed by atoms with Crippen LogP contribution in [0.3, 0.4) is 0 Å². The van der Waals surface area contributed by atoms with Gasteiger partial charge in [-0.25, -0.2) is 0 Å². The normalized spacial score (nSPS) is 9.64. The van der Waals surface area contributed by atoms with Gasteiger partial charge in [0.25, 0.3) is 0 Å². The molecule has 0 heterocycles. The first-order chi connectivity index (χ1) is 5.29. The van der Waals surface area contributed by atoms with Gasteiger partial charge in [0.2, 0.25) is 0 Å². The van der Waals surface area contributed by atoms with E-state index in [4.69, 9.17) is 4.74 Å². The Kier molecular flexibility index (Phi) is 2.76. The van der Waals surface area contributed by atoms with Crippen molar-refractivity contribution in [2.24, 2.45) is 0 Å². The second kappa shape index (κ2) is 3.62. The van der Waals surface area contributed by atoms with Gasteiger partial charge in [-0.2, -0.15) is 0 Å². The van der Waals surface area contributed by atoms with E-state index in [1.54, 1.807) is 19.2 Å². The molecule has 0 saturated heterocycles. The summed E-state index contributed by atoms with van der Waals surface area (Å²) < 4.78 is 5.03. The lowest BCUT2D eigenvalue weighted by atomic mass is 10.2. The minimum atomic E-state index is 0.265. The summed E-state index contributed by atoms with van der Waals surface area (Å²) in [4.78, 5) is 0. The standard InChI is InChI=1S/C8H9BrO2/c1-11-8-4-2-3-7(10)6(8)5-9/h2-4,10H,5H2,1H3. The molecule has 1 aromatic carbocycles. The zero-order valence-electron chi connectivity index (χ0n) is 6.17. The van der Waals surface area contributed by atoms with Gasteiger partial charge < -0.3 is 9.84 Å². The number of hydrogen-bond donors (Lipinski definition) is 1. The Hall–Kier alpha value is -0.700. The number of alkyl halides is 1. The maximum atomic E-state index is 9.31. The average molecular weight is 217 g/mol. The van der Waals surface area contributed by atoms with Crippen molar-refractivity contribution < 1.29 is 9.84 Å². The highest BCUT2D eigenvalue weighted by atomic mass is 79.9. The summed E-state index contributed by atoms with van der Waals surface area (Å²) in [6, 6.07) is 5.20. The van der Waals surface area contributed by atoms with Gasteiger partial charge in [-0.3, -0.25) is 0 Å². The van der Waals surface area contributed by atoms with Crippen molar-refractivity contribution in [3.05, 3.63) is 23.8 Å². The molecule has 0 saturated carbocycles. The van der Waals surface area contributed by atoms with Gasteiger partial charge in [0.15, 0.2) is 0 Å². The van der Waals surface area contributed by atoms with Crippen molar-refractivity contribution in [1.82, 2.24) is 0 Å². The van der Waals surface area contributed by atoms with E-state index in [2.05, 4.69) is 15.9 Å². The smallest absolute Gasteiger partial charge is 0.126 e. The fourth-order valence-electron chi connectivity index (χ4n) is 0.880. The van der Waals surface area contributed by atoms with E-state index in [9.17, 15) is 5.11 Å². The second-order valence-electron chi connectivity index (χ2n) is 2.09. The summed E-state index contributed by atoms with van der Waals surface area (Å²) in [6.07, 6.45) is 0. The first-order valence-electron chi connectivity index (χ1n) is 3.20. The van der Waals surface area contributed by atoms with E-state index < -0.39 is 0 Å². The van der Waals surface area contributed by atoms with Gasteiger partial charge in [0.1, 0.15) is 11.5 Å². The molecule has 1 rings (SSSR count). The molecule has 0 aliphatic carbocycles. The van der Waals surface area contributed by atoms with E-state index in [-0.39, 0.29) is 5.75 Å². The first kappa shape index (κ1) is 8.40. The fourth-order valence-corrected chi connectivity index (χ4v) is 1.44. The van der Waals surface area contributed by atoms with Crippen LogP contribution in [0, 0.1) is 0 Å². The molecule has 60 valence electrons. The largest absolute Gasteiger partial charge is 0.507 e. The van der Waals surface area contributed by atoms with Crippen LogP contribution in [0.2, 0.25) is 0 Å². The summed E-state index contributed by atoms with van der Waals surface area (Å²) in [5, 5.41) is 9.91. The Morgan fingerprint density at radius 1 is 1.55 bits per heavy atom. The highest BCUT2D eigenvalue weighted by Crippen LogP contribution is 2.28. The van der Waals surface area contributed by atoms with Crippen LogP contribution in [-0.2, 0) is 5.33 Å². The van der Waals surface area contributed by atoms with Crippen LogP contribution >= 0.6 is 15.9 Å². The molecular formula is C8H9BrO2. The first-order valence-corrected chi connectivity index (χ1v) is 4.32. The minimum Gasteiger partial charge on any atom is -0.507 e. The van der Waals surface area contributed by atoms with Crippen molar-refractivity contribution in [2.75, 3.05) is 7.11 Å². The molecule has 0 fully saturated rings. The summed E-state index contributed by atoms with van der Waals surface area (Å²) in [6.45, 7) is 0. The minimum absolute atomic E-state index is 0.265. The highest BCUT2D eigenvalue weighted by Gasteiger charge is 2.04. The number of hydrogen-bond acceptors (Lipinski definition) is 2. The van der Waals surface area contributed by atoms with Crippen molar-refractivity contribution in [3.8, 4) is 11.5 Å². The summed E-state index contributed by atoms with van der Waals surface area (Å²) >= 11 is 3.26. The van der Waals surface area contributed by atoms with Gasteiger partial charge in [0, 0.05) is 10.9 Å². The molecule has 0 aromatic heterocycles. The molecule has 0 aliphatic heterocycles. The molecule has 3 heteroatoms.